The van der Waals surface area contributed by atoms with Gasteiger partial charge in [0.15, 0.2) is 0 Å². The summed E-state index contributed by atoms with van der Waals surface area (Å²) >= 11 is 6.09. The maximum atomic E-state index is 15.5. The lowest BCUT2D eigenvalue weighted by molar-refractivity contribution is -0.139. The summed E-state index contributed by atoms with van der Waals surface area (Å²) in [6.45, 7) is 1.91. The highest BCUT2D eigenvalue weighted by Crippen LogP contribution is 2.36. The van der Waals surface area contributed by atoms with Gasteiger partial charge in [0, 0.05) is 29.6 Å². The monoisotopic (exact) mass is 538 g/mol. The Balaban J connectivity index is 1.40. The lowest BCUT2D eigenvalue weighted by atomic mass is 9.79. The van der Waals surface area contributed by atoms with E-state index in [9.17, 15) is 9.90 Å². The molecule has 2 aromatic carbocycles. The number of hydrogen-bond acceptors (Lipinski definition) is 5. The van der Waals surface area contributed by atoms with Crippen molar-refractivity contribution in [1.82, 2.24) is 9.88 Å². The van der Waals surface area contributed by atoms with Crippen molar-refractivity contribution >= 4 is 28.5 Å². The van der Waals surface area contributed by atoms with Gasteiger partial charge in [-0.05, 0) is 85.7 Å². The fourth-order valence-electron chi connectivity index (χ4n) is 5.22. The number of benzene rings is 2. The molecule has 3 atom stereocenters. The van der Waals surface area contributed by atoms with Crippen LogP contribution in [0.2, 0.25) is 5.02 Å². The van der Waals surface area contributed by atoms with Crippen molar-refractivity contribution in [3.63, 3.8) is 0 Å². The van der Waals surface area contributed by atoms with Crippen LogP contribution in [-0.4, -0.2) is 54.8 Å². The molecular formula is C30H32ClFN2O4. The van der Waals surface area contributed by atoms with Crippen LogP contribution in [-0.2, 0) is 4.79 Å². The molecular weight excluding hydrogens is 507 g/mol. The third kappa shape index (κ3) is 6.94. The number of fused-ring (bicyclic) bond motifs is 1. The van der Waals surface area contributed by atoms with Crippen LogP contribution in [0.25, 0.3) is 10.9 Å². The van der Waals surface area contributed by atoms with Gasteiger partial charge in [0.25, 0.3) is 0 Å². The summed E-state index contributed by atoms with van der Waals surface area (Å²) in [4.78, 5) is 18.1. The van der Waals surface area contributed by atoms with Gasteiger partial charge in [-0.2, -0.15) is 0 Å². The van der Waals surface area contributed by atoms with E-state index >= 15 is 4.39 Å². The van der Waals surface area contributed by atoms with E-state index < -0.39 is 12.1 Å². The average molecular weight is 539 g/mol. The SMILES string of the molecule is COc1ccc2nccc(C(F)CC[C@@H]3CCN(CC#Cc4cc(Cl)ccc4OC)C[C@@H]3CC(=O)O)c2c1. The molecule has 200 valence electrons. The zero-order valence-corrected chi connectivity index (χ0v) is 22.4. The number of rotatable bonds is 9. The highest BCUT2D eigenvalue weighted by atomic mass is 35.5. The minimum atomic E-state index is -1.17. The molecule has 0 radical (unpaired) electrons. The van der Waals surface area contributed by atoms with E-state index in [2.05, 4.69) is 21.7 Å². The molecule has 1 aromatic heterocycles. The first-order valence-electron chi connectivity index (χ1n) is 12.7. The number of aromatic nitrogens is 1. The van der Waals surface area contributed by atoms with Crippen LogP contribution in [0.4, 0.5) is 4.39 Å². The predicted octanol–water partition coefficient (Wildman–Crippen LogP) is 6.16. The van der Waals surface area contributed by atoms with Crippen LogP contribution in [0.1, 0.15) is 43.0 Å². The van der Waals surface area contributed by atoms with Crippen LogP contribution >= 0.6 is 11.6 Å². The largest absolute Gasteiger partial charge is 0.497 e. The number of pyridine rings is 1. The summed E-state index contributed by atoms with van der Waals surface area (Å²) in [6.07, 6.45) is 2.26. The number of piperidine rings is 1. The number of hydrogen-bond donors (Lipinski definition) is 1. The second-order valence-electron chi connectivity index (χ2n) is 9.62. The number of nitrogens with zero attached hydrogens (tertiary/aromatic N) is 2. The minimum absolute atomic E-state index is 0.0586. The third-order valence-corrected chi connectivity index (χ3v) is 7.45. The summed E-state index contributed by atoms with van der Waals surface area (Å²) in [7, 11) is 3.17. The van der Waals surface area contributed by atoms with Crippen molar-refractivity contribution in [2.24, 2.45) is 11.8 Å². The quantitative estimate of drug-likeness (QED) is 0.329. The van der Waals surface area contributed by atoms with E-state index in [0.717, 1.165) is 23.9 Å². The number of carboxylic acids is 1. The predicted molar refractivity (Wildman–Crippen MR) is 147 cm³/mol. The maximum Gasteiger partial charge on any atom is 0.303 e. The van der Waals surface area contributed by atoms with Gasteiger partial charge in [-0.15, -0.1) is 0 Å². The smallest absolute Gasteiger partial charge is 0.303 e. The fraction of sp³-hybridized carbons (Fsp3) is 0.400. The Morgan fingerprint density at radius 3 is 2.82 bits per heavy atom. The molecule has 1 unspecified atom stereocenters. The number of ether oxygens (including phenoxy) is 2. The molecule has 0 bridgehead atoms. The molecule has 6 nitrogen and oxygen atoms in total. The molecule has 1 N–H and O–H groups in total. The number of aliphatic carboxylic acids is 1. The van der Waals surface area contributed by atoms with E-state index in [1.54, 1.807) is 44.7 Å². The first-order chi connectivity index (χ1) is 18.4. The van der Waals surface area contributed by atoms with Gasteiger partial charge in [0.1, 0.15) is 17.7 Å². The molecule has 3 aromatic rings. The standard InChI is InChI=1S/C30H32ClFN2O4/c1-37-24-7-9-28-26(18-24)25(11-13-33-28)27(32)8-5-20-12-15-34(19-22(20)17-30(35)36)14-3-4-21-16-23(31)6-10-29(21)38-2/h6-7,9-11,13,16,18,20,22,27H,5,8,12,14-15,17,19H2,1-2H3,(H,35,36)/t20-,22+,27?/m1/s1. The summed E-state index contributed by atoms with van der Waals surface area (Å²) in [5.41, 5.74) is 2.03. The van der Waals surface area contributed by atoms with Crippen molar-refractivity contribution in [2.45, 2.75) is 31.9 Å². The topological polar surface area (TPSA) is 71.9 Å². The first-order valence-corrected chi connectivity index (χ1v) is 13.1. The van der Waals surface area contributed by atoms with Crippen molar-refractivity contribution in [1.29, 1.82) is 0 Å². The van der Waals surface area contributed by atoms with Gasteiger partial charge < -0.3 is 14.6 Å². The van der Waals surface area contributed by atoms with E-state index in [1.165, 1.54) is 0 Å². The molecule has 0 aliphatic carbocycles. The Morgan fingerprint density at radius 2 is 2.05 bits per heavy atom. The number of halogens is 2. The van der Waals surface area contributed by atoms with Gasteiger partial charge in [-0.25, -0.2) is 4.39 Å². The van der Waals surface area contributed by atoms with Crippen LogP contribution in [0.5, 0.6) is 11.5 Å². The number of methoxy groups -OCH3 is 2. The summed E-state index contributed by atoms with van der Waals surface area (Å²) < 4.78 is 26.2. The van der Waals surface area contributed by atoms with Gasteiger partial charge in [0.2, 0.25) is 0 Å². The van der Waals surface area contributed by atoms with E-state index in [4.69, 9.17) is 21.1 Å². The highest BCUT2D eigenvalue weighted by molar-refractivity contribution is 6.30. The van der Waals surface area contributed by atoms with Crippen molar-refractivity contribution in [3.05, 3.63) is 64.8 Å². The molecule has 0 saturated carbocycles. The lowest BCUT2D eigenvalue weighted by Crippen LogP contribution is -2.41. The fourth-order valence-corrected chi connectivity index (χ4v) is 5.39. The van der Waals surface area contributed by atoms with Crippen LogP contribution < -0.4 is 9.47 Å². The Labute approximate surface area is 227 Å². The molecule has 38 heavy (non-hydrogen) atoms. The molecule has 1 aliphatic heterocycles. The Kier molecular flexibility index (Phi) is 9.43. The molecule has 1 saturated heterocycles. The van der Waals surface area contributed by atoms with E-state index in [1.807, 2.05) is 18.2 Å². The van der Waals surface area contributed by atoms with Gasteiger partial charge in [-0.1, -0.05) is 23.4 Å². The zero-order valence-electron chi connectivity index (χ0n) is 21.6. The third-order valence-electron chi connectivity index (χ3n) is 7.21. The van der Waals surface area contributed by atoms with E-state index in [-0.39, 0.29) is 18.3 Å². The number of alkyl halides is 1. The normalized spacial score (nSPS) is 18.4. The molecule has 1 fully saturated rings. The zero-order chi connectivity index (χ0) is 27.1. The van der Waals surface area contributed by atoms with Gasteiger partial charge >= 0.3 is 5.97 Å². The molecule has 8 heteroatoms. The van der Waals surface area contributed by atoms with Gasteiger partial charge in [-0.3, -0.25) is 14.7 Å². The van der Waals surface area contributed by atoms with Crippen molar-refractivity contribution in [2.75, 3.05) is 33.9 Å². The summed E-state index contributed by atoms with van der Waals surface area (Å²) in [6, 6.07) is 12.5. The van der Waals surface area contributed by atoms with Crippen LogP contribution in [0.3, 0.4) is 0 Å². The number of likely N-dealkylation sites (tertiary alicyclic amines) is 1. The Morgan fingerprint density at radius 1 is 1.21 bits per heavy atom. The molecule has 4 rings (SSSR count). The summed E-state index contributed by atoms with van der Waals surface area (Å²) in [5.74, 6) is 6.84. The minimum Gasteiger partial charge on any atom is -0.497 e. The molecule has 0 amide bonds. The summed E-state index contributed by atoms with van der Waals surface area (Å²) in [5, 5.41) is 10.9. The van der Waals surface area contributed by atoms with E-state index in [0.29, 0.717) is 53.6 Å². The molecule has 1 aliphatic rings. The molecule has 0 spiro atoms. The maximum absolute atomic E-state index is 15.5. The van der Waals surface area contributed by atoms with Crippen LogP contribution in [0.15, 0.2) is 48.7 Å². The second-order valence-corrected chi connectivity index (χ2v) is 10.1. The second kappa shape index (κ2) is 12.9. The Bertz CT molecular complexity index is 1340. The Hall–Kier alpha value is -3.34. The van der Waals surface area contributed by atoms with Crippen molar-refractivity contribution < 1.29 is 23.8 Å². The van der Waals surface area contributed by atoms with Gasteiger partial charge in [0.05, 0.1) is 31.8 Å². The van der Waals surface area contributed by atoms with Crippen LogP contribution in [0, 0.1) is 23.7 Å². The lowest BCUT2D eigenvalue weighted by Gasteiger charge is -2.37. The molecule has 2 heterocycles. The number of carboxylic acid groups (broad SMARTS) is 1. The first kappa shape index (κ1) is 27.7. The van der Waals surface area contributed by atoms with Crippen molar-refractivity contribution in [3.8, 4) is 23.3 Å². The average Bonchev–Trinajstić information content (AvgIpc) is 2.91. The highest BCUT2D eigenvalue weighted by Gasteiger charge is 2.31. The number of carbonyl (C=O) groups is 1.